The Hall–Kier alpha value is -4.18. The Labute approximate surface area is 257 Å². The normalized spacial score (nSPS) is 25.8. The van der Waals surface area contributed by atoms with Gasteiger partial charge in [0.2, 0.25) is 5.75 Å². The first kappa shape index (κ1) is 29.9. The van der Waals surface area contributed by atoms with Crippen molar-refractivity contribution in [2.45, 2.75) is 50.2 Å². The first-order chi connectivity index (χ1) is 21.3. The summed E-state index contributed by atoms with van der Waals surface area (Å²) < 4.78 is 33.4. The fourth-order valence-corrected chi connectivity index (χ4v) is 8.31. The molecule has 2 saturated heterocycles. The van der Waals surface area contributed by atoms with Crippen LogP contribution in [0, 0.1) is 5.41 Å². The van der Waals surface area contributed by atoms with Crippen LogP contribution < -0.4 is 24.3 Å². The number of nitrogens with zero attached hydrogens (tertiary/aromatic N) is 1. The molecule has 1 aliphatic carbocycles. The van der Waals surface area contributed by atoms with E-state index in [9.17, 15) is 9.59 Å². The summed E-state index contributed by atoms with van der Waals surface area (Å²) in [6.45, 7) is 3.82. The molecule has 1 spiro atoms. The number of anilines is 1. The molecule has 234 valence electrons. The molecular formula is C34H40N2O8. The largest absolute Gasteiger partial charge is 0.497 e. The van der Waals surface area contributed by atoms with Crippen molar-refractivity contribution in [3.05, 3.63) is 58.8 Å². The maximum Gasteiger partial charge on any atom is 0.335 e. The first-order valence-electron chi connectivity index (χ1n) is 15.0. The number of hydrogen-bond acceptors (Lipinski definition) is 10. The van der Waals surface area contributed by atoms with Crippen molar-refractivity contribution < 1.29 is 38.0 Å². The van der Waals surface area contributed by atoms with Gasteiger partial charge in [-0.3, -0.25) is 4.90 Å². The molecule has 10 heteroatoms. The Balaban J connectivity index is 1.36. The predicted octanol–water partition coefficient (Wildman–Crippen LogP) is 4.71. The van der Waals surface area contributed by atoms with E-state index >= 15 is 0 Å². The van der Waals surface area contributed by atoms with E-state index < -0.39 is 22.9 Å². The summed E-state index contributed by atoms with van der Waals surface area (Å²) >= 11 is 0. The monoisotopic (exact) mass is 604 g/mol. The van der Waals surface area contributed by atoms with E-state index in [-0.39, 0.29) is 12.0 Å². The fourth-order valence-electron chi connectivity index (χ4n) is 8.31. The zero-order valence-corrected chi connectivity index (χ0v) is 26.2. The van der Waals surface area contributed by atoms with Crippen molar-refractivity contribution in [3.8, 4) is 23.0 Å². The van der Waals surface area contributed by atoms with E-state index in [4.69, 9.17) is 28.4 Å². The van der Waals surface area contributed by atoms with E-state index in [0.29, 0.717) is 34.8 Å². The van der Waals surface area contributed by atoms with Gasteiger partial charge in [-0.05, 0) is 81.1 Å². The smallest absolute Gasteiger partial charge is 0.335 e. The molecule has 2 aromatic rings. The SMILES string of the molecule is COC(=O)C1=C2Nc3cc(OC)ccc3[C@@]23CCN2CCC[C@@]([C@H](C)OC(=O)/C=C/c4cc(OC)c(OC)c(OC)c4)(C1)[C@H]23. The van der Waals surface area contributed by atoms with Crippen LogP contribution in [0.1, 0.15) is 43.7 Å². The Morgan fingerprint density at radius 1 is 0.977 bits per heavy atom. The summed E-state index contributed by atoms with van der Waals surface area (Å²) in [7, 11) is 7.71. The molecule has 44 heavy (non-hydrogen) atoms. The molecule has 1 N–H and O–H groups in total. The zero-order chi connectivity index (χ0) is 31.2. The van der Waals surface area contributed by atoms with Gasteiger partial charge in [0.25, 0.3) is 0 Å². The van der Waals surface area contributed by atoms with Gasteiger partial charge < -0.3 is 33.7 Å². The van der Waals surface area contributed by atoms with Crippen LogP contribution in [0.3, 0.4) is 0 Å². The third kappa shape index (κ3) is 4.41. The Morgan fingerprint density at radius 2 is 1.73 bits per heavy atom. The lowest BCUT2D eigenvalue weighted by Gasteiger charge is -2.57. The maximum absolute atomic E-state index is 13.4. The highest BCUT2D eigenvalue weighted by Crippen LogP contribution is 2.65. The summed E-state index contributed by atoms with van der Waals surface area (Å²) in [5.41, 5.74) is 3.38. The summed E-state index contributed by atoms with van der Waals surface area (Å²) in [6, 6.07) is 9.67. The van der Waals surface area contributed by atoms with Crippen LogP contribution in [0.2, 0.25) is 0 Å². The van der Waals surface area contributed by atoms with Gasteiger partial charge in [-0.25, -0.2) is 9.59 Å². The minimum atomic E-state index is -0.499. The van der Waals surface area contributed by atoms with Gasteiger partial charge in [0.1, 0.15) is 11.9 Å². The number of ether oxygens (including phenoxy) is 6. The van der Waals surface area contributed by atoms with Crippen LogP contribution >= 0.6 is 0 Å². The van der Waals surface area contributed by atoms with E-state index in [1.807, 2.05) is 19.1 Å². The van der Waals surface area contributed by atoms with Crippen molar-refractivity contribution in [2.75, 3.05) is 54.0 Å². The van der Waals surface area contributed by atoms with Crippen LogP contribution in [0.4, 0.5) is 5.69 Å². The number of carbonyl (C=O) groups is 2. The summed E-state index contributed by atoms with van der Waals surface area (Å²) in [4.78, 5) is 29.3. The number of benzene rings is 2. The minimum Gasteiger partial charge on any atom is -0.497 e. The third-order valence-electron chi connectivity index (χ3n) is 10.1. The zero-order valence-electron chi connectivity index (χ0n) is 26.2. The van der Waals surface area contributed by atoms with Gasteiger partial charge in [0, 0.05) is 35.0 Å². The van der Waals surface area contributed by atoms with Crippen LogP contribution in [-0.4, -0.2) is 77.6 Å². The van der Waals surface area contributed by atoms with Crippen LogP contribution in [-0.2, 0) is 24.5 Å². The Kier molecular flexibility index (Phi) is 7.73. The van der Waals surface area contributed by atoms with E-state index in [1.165, 1.54) is 13.2 Å². The maximum atomic E-state index is 13.4. The fraction of sp³-hybridized carbons (Fsp3) is 0.471. The van der Waals surface area contributed by atoms with Crippen LogP contribution in [0.25, 0.3) is 6.08 Å². The predicted molar refractivity (Wildman–Crippen MR) is 164 cm³/mol. The number of rotatable bonds is 9. The van der Waals surface area contributed by atoms with Gasteiger partial charge in [0.15, 0.2) is 11.5 Å². The molecule has 10 nitrogen and oxygen atoms in total. The van der Waals surface area contributed by atoms with Crippen molar-refractivity contribution in [1.29, 1.82) is 0 Å². The summed E-state index contributed by atoms with van der Waals surface area (Å²) in [5, 5.41) is 3.61. The highest BCUT2D eigenvalue weighted by molar-refractivity contribution is 5.93. The van der Waals surface area contributed by atoms with Gasteiger partial charge in [-0.1, -0.05) is 6.07 Å². The number of carbonyl (C=O) groups excluding carboxylic acids is 2. The standard InChI is InChI=1S/C34H40N2O8/c1-20(44-28(37)11-8-21-16-26(40-3)29(42-5)27(17-21)41-4)33-12-7-14-36-15-13-34(32(33)36)24-10-9-22(39-2)18-25(24)35-30(34)23(19-33)31(38)43-6/h8-11,16-18,20,32,35H,7,12-15,19H2,1-6H3/b11-8+/t20-,32-,33-,34-/m0/s1. The minimum absolute atomic E-state index is 0.0381. The van der Waals surface area contributed by atoms with Gasteiger partial charge >= 0.3 is 11.9 Å². The van der Waals surface area contributed by atoms with Crippen LogP contribution in [0.15, 0.2) is 47.7 Å². The second-order valence-corrected chi connectivity index (χ2v) is 11.9. The van der Waals surface area contributed by atoms with Crippen molar-refractivity contribution in [3.63, 3.8) is 0 Å². The van der Waals surface area contributed by atoms with Gasteiger partial charge in [-0.15, -0.1) is 0 Å². The highest BCUT2D eigenvalue weighted by Gasteiger charge is 2.68. The molecule has 0 saturated carbocycles. The number of hydrogen-bond donors (Lipinski definition) is 1. The van der Waals surface area contributed by atoms with Crippen molar-refractivity contribution >= 4 is 23.7 Å². The van der Waals surface area contributed by atoms with Crippen molar-refractivity contribution in [2.24, 2.45) is 5.41 Å². The molecule has 2 fully saturated rings. The number of fused-ring (bicyclic) bond motifs is 1. The third-order valence-corrected chi connectivity index (χ3v) is 10.1. The Bertz CT molecular complexity index is 1520. The molecule has 2 aromatic carbocycles. The molecule has 6 rings (SSSR count). The van der Waals surface area contributed by atoms with Crippen LogP contribution in [0.5, 0.6) is 23.0 Å². The lowest BCUT2D eigenvalue weighted by atomic mass is 9.53. The highest BCUT2D eigenvalue weighted by atomic mass is 16.5. The van der Waals surface area contributed by atoms with Gasteiger partial charge in [0.05, 0.1) is 46.5 Å². The second kappa shape index (κ2) is 11.4. The molecule has 0 unspecified atom stereocenters. The molecular weight excluding hydrogens is 564 g/mol. The average molecular weight is 605 g/mol. The Morgan fingerprint density at radius 3 is 2.39 bits per heavy atom. The quantitative estimate of drug-likeness (QED) is 0.320. The van der Waals surface area contributed by atoms with E-state index in [1.54, 1.807) is 46.6 Å². The average Bonchev–Trinajstić information content (AvgIpc) is 3.61. The molecule has 0 bridgehead atoms. The lowest BCUT2D eigenvalue weighted by Crippen LogP contribution is -2.64. The van der Waals surface area contributed by atoms with Crippen molar-refractivity contribution in [1.82, 2.24) is 4.90 Å². The van der Waals surface area contributed by atoms with E-state index in [2.05, 4.69) is 16.3 Å². The topological polar surface area (TPSA) is 105 Å². The molecule has 3 heterocycles. The first-order valence-corrected chi connectivity index (χ1v) is 15.0. The molecule has 4 aliphatic rings. The second-order valence-electron chi connectivity index (χ2n) is 11.9. The molecule has 0 aromatic heterocycles. The number of piperidine rings is 1. The molecule has 3 aliphatic heterocycles. The number of methoxy groups -OCH3 is 5. The van der Waals surface area contributed by atoms with Gasteiger partial charge in [-0.2, -0.15) is 0 Å². The number of nitrogens with one attached hydrogen (secondary N) is 1. The number of esters is 2. The molecule has 0 amide bonds. The van der Waals surface area contributed by atoms with E-state index in [0.717, 1.165) is 55.0 Å². The molecule has 0 radical (unpaired) electrons. The lowest BCUT2D eigenvalue weighted by molar-refractivity contribution is -0.158. The summed E-state index contributed by atoms with van der Waals surface area (Å²) in [6.07, 6.45) is 5.67. The summed E-state index contributed by atoms with van der Waals surface area (Å²) in [5.74, 6) is 1.39. The molecule has 4 atom stereocenters.